The Hall–Kier alpha value is -3.59. The van der Waals surface area contributed by atoms with E-state index in [2.05, 4.69) is 20.5 Å². The summed E-state index contributed by atoms with van der Waals surface area (Å²) >= 11 is 0.785. The number of fused-ring (bicyclic) bond motifs is 5. The van der Waals surface area contributed by atoms with Crippen molar-refractivity contribution in [3.05, 3.63) is 65.6 Å². The molecule has 1 N–H and O–H groups in total. The van der Waals surface area contributed by atoms with Crippen LogP contribution in [0.5, 0.6) is 0 Å². The molecule has 1 atom stereocenters. The first-order valence-corrected chi connectivity index (χ1v) is 14.1. The highest BCUT2D eigenvalue weighted by Gasteiger charge is 2.61. The summed E-state index contributed by atoms with van der Waals surface area (Å²) < 4.78 is 103. The van der Waals surface area contributed by atoms with Gasteiger partial charge in [0.05, 0.1) is 17.9 Å². The normalized spacial score (nSPS) is 18.9. The van der Waals surface area contributed by atoms with Crippen molar-refractivity contribution in [3.8, 4) is 11.6 Å². The fourth-order valence-electron chi connectivity index (χ4n) is 4.08. The third kappa shape index (κ3) is 7.88. The van der Waals surface area contributed by atoms with Gasteiger partial charge in [0.1, 0.15) is 10.6 Å². The lowest BCUT2D eigenvalue weighted by molar-refractivity contribution is -0.299. The molecule has 43 heavy (non-hydrogen) atoms. The highest BCUT2D eigenvalue weighted by atomic mass is 32.2. The number of anilines is 1. The minimum Gasteiger partial charge on any atom is -0.444 e. The summed E-state index contributed by atoms with van der Waals surface area (Å²) in [6.45, 7) is 4.18. The maximum atomic E-state index is 14.9. The van der Waals surface area contributed by atoms with Gasteiger partial charge in [-0.25, -0.2) is 9.78 Å². The largest absolute Gasteiger partial charge is 0.444 e. The van der Waals surface area contributed by atoms with Crippen LogP contribution in [0.2, 0.25) is 0 Å². The van der Waals surface area contributed by atoms with Gasteiger partial charge in [0.2, 0.25) is 5.60 Å². The summed E-state index contributed by atoms with van der Waals surface area (Å²) in [6.07, 6.45) is -8.46. The van der Waals surface area contributed by atoms with E-state index < -0.39 is 76.4 Å². The Balaban J connectivity index is 1.88. The molecule has 232 valence electrons. The van der Waals surface area contributed by atoms with E-state index in [4.69, 9.17) is 13.9 Å². The number of aromatic nitrogens is 3. The van der Waals surface area contributed by atoms with Crippen molar-refractivity contribution in [1.29, 1.82) is 0 Å². The van der Waals surface area contributed by atoms with Gasteiger partial charge in [-0.05, 0) is 51.7 Å². The number of amides is 1. The predicted octanol–water partition coefficient (Wildman–Crippen LogP) is 8.30. The molecule has 0 saturated heterocycles. The number of hydrogen-bond donors (Lipinski definition) is 1. The van der Waals surface area contributed by atoms with Gasteiger partial charge in [-0.2, -0.15) is 26.3 Å². The highest BCUT2D eigenvalue weighted by molar-refractivity contribution is 7.99. The van der Waals surface area contributed by atoms with Crippen LogP contribution < -0.4 is 5.32 Å². The Morgan fingerprint density at radius 1 is 1.05 bits per heavy atom. The molecule has 3 heterocycles. The number of halogens is 6. The van der Waals surface area contributed by atoms with Crippen LogP contribution in [-0.2, 0) is 27.9 Å². The van der Waals surface area contributed by atoms with Crippen molar-refractivity contribution >= 4 is 23.5 Å². The molecule has 0 saturated carbocycles. The van der Waals surface area contributed by atoms with Crippen LogP contribution in [0.3, 0.4) is 0 Å². The molecule has 3 aromatic rings. The monoisotopic (exact) mass is 630 g/mol. The summed E-state index contributed by atoms with van der Waals surface area (Å²) in [5.74, 6) is -1.48. The number of nitrogens with one attached hydrogen (secondary N) is 1. The lowest BCUT2D eigenvalue weighted by Crippen LogP contribution is -2.45. The minimum absolute atomic E-state index is 0.112. The van der Waals surface area contributed by atoms with Gasteiger partial charge < -0.3 is 13.9 Å². The average Bonchev–Trinajstić information content (AvgIpc) is 3.38. The molecule has 0 fully saturated rings. The van der Waals surface area contributed by atoms with Gasteiger partial charge in [-0.15, -0.1) is 22.0 Å². The molecule has 1 aromatic carbocycles. The van der Waals surface area contributed by atoms with E-state index in [-0.39, 0.29) is 18.6 Å². The summed E-state index contributed by atoms with van der Waals surface area (Å²) in [5, 5.41) is 9.08. The van der Waals surface area contributed by atoms with Crippen molar-refractivity contribution in [3.63, 3.8) is 0 Å². The van der Waals surface area contributed by atoms with Crippen LogP contribution >= 0.6 is 11.8 Å². The Labute approximate surface area is 247 Å². The molecule has 1 amide bonds. The molecule has 15 heteroatoms. The molecule has 0 spiro atoms. The van der Waals surface area contributed by atoms with E-state index in [1.807, 2.05) is 0 Å². The van der Waals surface area contributed by atoms with Crippen molar-refractivity contribution in [2.45, 2.75) is 75.2 Å². The lowest BCUT2D eigenvalue weighted by Gasteiger charge is -2.32. The Kier molecular flexibility index (Phi) is 9.45. The summed E-state index contributed by atoms with van der Waals surface area (Å²) in [6, 6.07) is 8.78. The van der Waals surface area contributed by atoms with Crippen LogP contribution in [0.25, 0.3) is 11.6 Å². The molecule has 1 unspecified atom stereocenters. The number of thioether (sulfide) groups is 1. The van der Waals surface area contributed by atoms with Crippen molar-refractivity contribution in [1.82, 2.24) is 15.2 Å². The van der Waals surface area contributed by atoms with Crippen molar-refractivity contribution in [2.75, 3.05) is 11.1 Å². The van der Waals surface area contributed by atoms with Crippen LogP contribution in [-0.4, -0.2) is 38.8 Å². The smallest absolute Gasteiger partial charge is 0.426 e. The van der Waals surface area contributed by atoms with Gasteiger partial charge in [-0.3, -0.25) is 5.32 Å². The number of alkyl halides is 6. The Morgan fingerprint density at radius 3 is 2.40 bits per heavy atom. The second kappa shape index (κ2) is 12.6. The predicted molar refractivity (Wildman–Crippen MR) is 145 cm³/mol. The zero-order chi connectivity index (χ0) is 31.5. The Morgan fingerprint density at radius 2 is 1.74 bits per heavy atom. The van der Waals surface area contributed by atoms with Crippen molar-refractivity contribution < 1.29 is 45.0 Å². The van der Waals surface area contributed by atoms with Gasteiger partial charge in [0, 0.05) is 5.75 Å². The number of hydrogen-bond acceptors (Lipinski definition) is 8. The highest BCUT2D eigenvalue weighted by Crippen LogP contribution is 2.47. The summed E-state index contributed by atoms with van der Waals surface area (Å²) in [7, 11) is 0. The molecule has 8 nitrogen and oxygen atoms in total. The van der Waals surface area contributed by atoms with Crippen LogP contribution in [0.1, 0.15) is 57.1 Å². The van der Waals surface area contributed by atoms with E-state index in [0.717, 1.165) is 11.8 Å². The van der Waals surface area contributed by atoms with Gasteiger partial charge >= 0.3 is 18.4 Å². The molecule has 1 aliphatic heterocycles. The second-order valence-corrected chi connectivity index (χ2v) is 11.6. The molecule has 0 radical (unpaired) electrons. The Bertz CT molecular complexity index is 1450. The molecular formula is C28H28F6N4O4S. The quantitative estimate of drug-likeness (QED) is 0.227. The number of rotatable bonds is 4. The number of nitrogens with zero attached hydrogens (tertiary/aromatic N) is 3. The van der Waals surface area contributed by atoms with E-state index in [0.29, 0.717) is 11.6 Å². The third-order valence-corrected chi connectivity index (χ3v) is 7.07. The minimum atomic E-state index is -5.04. The number of carbonyl (C=O) groups is 1. The fraction of sp³-hybridized carbons (Fsp3) is 0.429. The molecule has 4 bridgehead atoms. The van der Waals surface area contributed by atoms with E-state index in [1.165, 1.54) is 6.08 Å². The molecule has 2 aromatic heterocycles. The van der Waals surface area contributed by atoms with Crippen LogP contribution in [0.15, 0.2) is 58.0 Å². The average molecular weight is 631 g/mol. The first kappa shape index (κ1) is 32.3. The maximum absolute atomic E-state index is 14.9. The molecular weight excluding hydrogens is 602 g/mol. The van der Waals surface area contributed by atoms with Gasteiger partial charge in [-0.1, -0.05) is 42.5 Å². The standard InChI is InChI=1S/C28H28F6N4O4S/c1-25(2,3)42-24(39)35-19-15-18(27(29,30)31)22-36-20(19)21-37-38-23(41-21)26(28(32,33)34,13-9-4-5-10-14-43-22)40-16-17-11-7-6-8-12-17/h4-8,11-12,15H,9-10,13-14,16H2,1-3H3,(H,35,39)/b5-4-. The number of ether oxygens (including phenoxy) is 2. The number of allylic oxidation sites excluding steroid dienone is 2. The third-order valence-electron chi connectivity index (χ3n) is 6.04. The first-order valence-electron chi connectivity index (χ1n) is 13.1. The maximum Gasteiger partial charge on any atom is 0.426 e. The second-order valence-electron chi connectivity index (χ2n) is 10.5. The zero-order valence-corrected chi connectivity index (χ0v) is 24.1. The van der Waals surface area contributed by atoms with Crippen molar-refractivity contribution in [2.24, 2.45) is 0 Å². The zero-order valence-electron chi connectivity index (χ0n) is 23.3. The van der Waals surface area contributed by atoms with Crippen LogP contribution in [0.4, 0.5) is 36.8 Å². The topological polar surface area (TPSA) is 99.4 Å². The molecule has 0 aliphatic carbocycles. The van der Waals surface area contributed by atoms with Gasteiger partial charge in [0.15, 0.2) is 5.69 Å². The van der Waals surface area contributed by atoms with E-state index in [9.17, 15) is 31.1 Å². The van der Waals surface area contributed by atoms with E-state index >= 15 is 0 Å². The summed E-state index contributed by atoms with van der Waals surface area (Å²) in [5.41, 5.74) is -5.80. The fourth-order valence-corrected chi connectivity index (χ4v) is 5.01. The first-order chi connectivity index (χ1) is 20.1. The summed E-state index contributed by atoms with van der Waals surface area (Å²) in [4.78, 5) is 16.6. The number of benzene rings is 1. The lowest BCUT2D eigenvalue weighted by atomic mass is 9.95. The SMILES string of the molecule is CC(C)(C)OC(=O)Nc1cc(C(F)(F)F)c2nc1-c1nnc(o1)C(OCc1ccccc1)(C(F)(F)F)CC/C=C\CCS2. The number of pyridine rings is 1. The van der Waals surface area contributed by atoms with Crippen LogP contribution in [0, 0.1) is 0 Å². The molecule has 4 rings (SSSR count). The molecule has 1 aliphatic rings. The number of carbonyl (C=O) groups excluding carboxylic acids is 1. The van der Waals surface area contributed by atoms with E-state index in [1.54, 1.807) is 57.2 Å². The van der Waals surface area contributed by atoms with Gasteiger partial charge in [0.25, 0.3) is 11.8 Å².